The van der Waals surface area contributed by atoms with Crippen LogP contribution in [0.3, 0.4) is 0 Å². The van der Waals surface area contributed by atoms with Gasteiger partial charge in [-0.25, -0.2) is 9.07 Å². The van der Waals surface area contributed by atoms with E-state index in [1.54, 1.807) is 31.2 Å². The second kappa shape index (κ2) is 6.80. The molecular weight excluding hydrogens is 331 g/mol. The molecule has 0 radical (unpaired) electrons. The van der Waals surface area contributed by atoms with Crippen LogP contribution in [0, 0.1) is 12.7 Å². The summed E-state index contributed by atoms with van der Waals surface area (Å²) in [4.78, 5) is 12.1. The molecule has 0 saturated carbocycles. The number of halogens is 2. The van der Waals surface area contributed by atoms with Crippen LogP contribution in [0.2, 0.25) is 5.02 Å². The summed E-state index contributed by atoms with van der Waals surface area (Å²) in [5, 5.41) is 11.2. The van der Waals surface area contributed by atoms with Gasteiger partial charge in [0.05, 0.1) is 11.9 Å². The van der Waals surface area contributed by atoms with Crippen molar-refractivity contribution in [3.8, 4) is 5.69 Å². The number of hydrogen-bond donors (Lipinski definition) is 1. The highest BCUT2D eigenvalue weighted by molar-refractivity contribution is 6.30. The minimum Gasteiger partial charge on any atom is -0.347 e. The predicted octanol–water partition coefficient (Wildman–Crippen LogP) is 3.30. The molecule has 0 saturated heterocycles. The van der Waals surface area contributed by atoms with E-state index < -0.39 is 0 Å². The minimum absolute atomic E-state index is 0.186. The first-order chi connectivity index (χ1) is 11.5. The van der Waals surface area contributed by atoms with Crippen LogP contribution in [0.25, 0.3) is 5.69 Å². The molecule has 0 atom stereocenters. The number of amides is 1. The van der Waals surface area contributed by atoms with Crippen LogP contribution in [0.1, 0.15) is 21.6 Å². The molecule has 0 aliphatic heterocycles. The van der Waals surface area contributed by atoms with Gasteiger partial charge >= 0.3 is 0 Å². The van der Waals surface area contributed by atoms with E-state index in [-0.39, 0.29) is 17.4 Å². The average molecular weight is 345 g/mol. The van der Waals surface area contributed by atoms with Crippen LogP contribution < -0.4 is 5.32 Å². The molecule has 0 fully saturated rings. The standard InChI is InChI=1S/C17H14ClFN4O/c1-11-8-14(6-7-15(11)19)23-10-16(21-22-23)17(24)20-9-12-2-4-13(18)5-3-12/h2-8,10H,9H2,1H3,(H,20,24). The third-order valence-corrected chi connectivity index (χ3v) is 3.75. The van der Waals surface area contributed by atoms with Crippen molar-refractivity contribution in [2.45, 2.75) is 13.5 Å². The maximum atomic E-state index is 13.3. The molecule has 1 heterocycles. The smallest absolute Gasteiger partial charge is 0.273 e. The molecule has 7 heteroatoms. The minimum atomic E-state index is -0.338. The number of carbonyl (C=O) groups excluding carboxylic acids is 1. The first-order valence-electron chi connectivity index (χ1n) is 7.24. The molecule has 0 bridgehead atoms. The molecule has 0 aliphatic rings. The zero-order valence-electron chi connectivity index (χ0n) is 12.8. The Morgan fingerprint density at radius 1 is 1.25 bits per heavy atom. The Labute approximate surface area is 143 Å². The maximum Gasteiger partial charge on any atom is 0.273 e. The normalized spacial score (nSPS) is 10.6. The lowest BCUT2D eigenvalue weighted by Gasteiger charge is -2.03. The van der Waals surface area contributed by atoms with Gasteiger partial charge < -0.3 is 5.32 Å². The summed E-state index contributed by atoms with van der Waals surface area (Å²) < 4.78 is 14.8. The molecule has 1 amide bonds. The highest BCUT2D eigenvalue weighted by Gasteiger charge is 2.12. The molecule has 1 aromatic heterocycles. The zero-order chi connectivity index (χ0) is 17.1. The Kier molecular flexibility index (Phi) is 4.57. The van der Waals surface area contributed by atoms with Crippen molar-refractivity contribution >= 4 is 17.5 Å². The summed E-state index contributed by atoms with van der Waals surface area (Å²) in [6.45, 7) is 2.02. The summed E-state index contributed by atoms with van der Waals surface area (Å²) in [7, 11) is 0. The van der Waals surface area contributed by atoms with Crippen molar-refractivity contribution in [3.63, 3.8) is 0 Å². The van der Waals surface area contributed by atoms with Gasteiger partial charge in [-0.1, -0.05) is 28.9 Å². The highest BCUT2D eigenvalue weighted by Crippen LogP contribution is 2.13. The molecule has 122 valence electrons. The fourth-order valence-electron chi connectivity index (χ4n) is 2.14. The second-order valence-corrected chi connectivity index (χ2v) is 5.73. The molecule has 0 unspecified atom stereocenters. The molecular formula is C17H14ClFN4O. The maximum absolute atomic E-state index is 13.3. The van der Waals surface area contributed by atoms with E-state index in [1.807, 2.05) is 12.1 Å². The molecule has 5 nitrogen and oxygen atoms in total. The van der Waals surface area contributed by atoms with Crippen molar-refractivity contribution in [3.05, 3.63) is 76.3 Å². The third kappa shape index (κ3) is 3.60. The predicted molar refractivity (Wildman–Crippen MR) is 88.7 cm³/mol. The number of nitrogens with zero attached hydrogens (tertiary/aromatic N) is 3. The highest BCUT2D eigenvalue weighted by atomic mass is 35.5. The first-order valence-corrected chi connectivity index (χ1v) is 7.62. The zero-order valence-corrected chi connectivity index (χ0v) is 13.6. The number of rotatable bonds is 4. The third-order valence-electron chi connectivity index (χ3n) is 3.50. The molecule has 2 aromatic carbocycles. The molecule has 1 N–H and O–H groups in total. The van der Waals surface area contributed by atoms with Crippen LogP contribution in [-0.4, -0.2) is 20.9 Å². The number of hydrogen-bond acceptors (Lipinski definition) is 3. The lowest BCUT2D eigenvalue weighted by molar-refractivity contribution is 0.0946. The van der Waals surface area contributed by atoms with Gasteiger partial charge in [0, 0.05) is 11.6 Å². The van der Waals surface area contributed by atoms with E-state index in [2.05, 4.69) is 15.6 Å². The number of aromatic nitrogens is 3. The van der Waals surface area contributed by atoms with E-state index in [9.17, 15) is 9.18 Å². The van der Waals surface area contributed by atoms with Gasteiger partial charge in [-0.2, -0.15) is 0 Å². The quantitative estimate of drug-likeness (QED) is 0.790. The Bertz CT molecular complexity index is 877. The van der Waals surface area contributed by atoms with Crippen LogP contribution >= 0.6 is 11.6 Å². The van der Waals surface area contributed by atoms with E-state index in [4.69, 9.17) is 11.6 Å². The first kappa shape index (κ1) is 16.1. The van der Waals surface area contributed by atoms with Gasteiger partial charge in [0.2, 0.25) is 0 Å². The number of aryl methyl sites for hydroxylation is 1. The average Bonchev–Trinajstić information content (AvgIpc) is 3.07. The van der Waals surface area contributed by atoms with Gasteiger partial charge in [0.25, 0.3) is 5.91 Å². The largest absolute Gasteiger partial charge is 0.347 e. The lowest BCUT2D eigenvalue weighted by Crippen LogP contribution is -2.23. The van der Waals surface area contributed by atoms with Crippen LogP contribution in [-0.2, 0) is 6.54 Å². The monoisotopic (exact) mass is 344 g/mol. The molecule has 3 aromatic rings. The molecule has 24 heavy (non-hydrogen) atoms. The van der Waals surface area contributed by atoms with Crippen LogP contribution in [0.4, 0.5) is 4.39 Å². The van der Waals surface area contributed by atoms with Crippen LogP contribution in [0.15, 0.2) is 48.7 Å². The topological polar surface area (TPSA) is 59.8 Å². The Hall–Kier alpha value is -2.73. The Balaban J connectivity index is 1.69. The number of nitrogens with one attached hydrogen (secondary N) is 1. The van der Waals surface area contributed by atoms with Gasteiger partial charge in [0.15, 0.2) is 5.69 Å². The summed E-state index contributed by atoms with van der Waals surface area (Å²) >= 11 is 5.82. The Morgan fingerprint density at radius 2 is 2.00 bits per heavy atom. The SMILES string of the molecule is Cc1cc(-n2cc(C(=O)NCc3ccc(Cl)cc3)nn2)ccc1F. The molecule has 0 spiro atoms. The van der Waals surface area contributed by atoms with Crippen molar-refractivity contribution < 1.29 is 9.18 Å². The Morgan fingerprint density at radius 3 is 2.71 bits per heavy atom. The van der Waals surface area contributed by atoms with Crippen molar-refractivity contribution in [1.82, 2.24) is 20.3 Å². The van der Waals surface area contributed by atoms with Crippen molar-refractivity contribution in [1.29, 1.82) is 0 Å². The summed E-state index contributed by atoms with van der Waals surface area (Å²) in [6, 6.07) is 11.8. The van der Waals surface area contributed by atoms with Gasteiger partial charge in [-0.15, -0.1) is 5.10 Å². The van der Waals surface area contributed by atoms with Gasteiger partial charge in [-0.3, -0.25) is 4.79 Å². The summed E-state index contributed by atoms with van der Waals surface area (Å²) in [5.74, 6) is -0.630. The van der Waals surface area contributed by atoms with Crippen molar-refractivity contribution in [2.75, 3.05) is 0 Å². The number of carbonyl (C=O) groups is 1. The van der Waals surface area contributed by atoms with Gasteiger partial charge in [-0.05, 0) is 48.4 Å². The second-order valence-electron chi connectivity index (χ2n) is 5.29. The van der Waals surface area contributed by atoms with E-state index in [0.717, 1.165) is 5.56 Å². The summed E-state index contributed by atoms with van der Waals surface area (Å²) in [5.41, 5.74) is 2.25. The molecule has 0 aliphatic carbocycles. The lowest BCUT2D eigenvalue weighted by atomic mass is 10.2. The van der Waals surface area contributed by atoms with Crippen LogP contribution in [0.5, 0.6) is 0 Å². The van der Waals surface area contributed by atoms with Crippen molar-refractivity contribution in [2.24, 2.45) is 0 Å². The fourth-order valence-corrected chi connectivity index (χ4v) is 2.27. The molecule has 3 rings (SSSR count). The van der Waals surface area contributed by atoms with E-state index >= 15 is 0 Å². The fraction of sp³-hybridized carbons (Fsp3) is 0.118. The number of benzene rings is 2. The van der Waals surface area contributed by atoms with E-state index in [1.165, 1.54) is 16.9 Å². The summed E-state index contributed by atoms with van der Waals surface area (Å²) in [6.07, 6.45) is 1.50. The van der Waals surface area contributed by atoms with Gasteiger partial charge in [0.1, 0.15) is 5.82 Å². The van der Waals surface area contributed by atoms with E-state index in [0.29, 0.717) is 22.8 Å².